The number of ketones is 1. The first kappa shape index (κ1) is 19.8. The number of alkyl halides is 1. The maximum atomic E-state index is 13.5. The quantitative estimate of drug-likeness (QED) is 0.480. The number of Topliss-reactive ketones (excluding diaryl/α,β-unsaturated/α-hetero) is 1. The smallest absolute Gasteiger partial charge is 0.232 e. The highest BCUT2D eigenvalue weighted by molar-refractivity contribution is 8.73. The van der Waals surface area contributed by atoms with Crippen LogP contribution >= 0.6 is 22.4 Å². The number of carbonyl (C=O) groups is 1. The van der Waals surface area contributed by atoms with Crippen molar-refractivity contribution in [3.05, 3.63) is 59.7 Å². The summed E-state index contributed by atoms with van der Waals surface area (Å²) in [6.07, 6.45) is 3.80. The second kappa shape index (κ2) is 7.08. The van der Waals surface area contributed by atoms with Crippen molar-refractivity contribution >= 4 is 37.0 Å². The molecular weight excluding hydrogens is 416 g/mol. The molecule has 7 heteroatoms. The number of aryl methyl sites for hydroxylation is 1. The Labute approximate surface area is 173 Å². The Hall–Kier alpha value is -1.50. The number of rotatable bonds is 3. The Morgan fingerprint density at radius 3 is 2.32 bits per heavy atom. The van der Waals surface area contributed by atoms with Crippen molar-refractivity contribution in [2.75, 3.05) is 0 Å². The van der Waals surface area contributed by atoms with Gasteiger partial charge in [-0.2, -0.15) is 0 Å². The first-order valence-corrected chi connectivity index (χ1v) is 12.5. The average Bonchev–Trinajstić information content (AvgIpc) is 2.67. The summed E-state index contributed by atoms with van der Waals surface area (Å²) in [5.41, 5.74) is 0.250. The molecule has 1 fully saturated rings. The highest BCUT2D eigenvalue weighted by atomic mass is 35.5. The second-order valence-electron chi connectivity index (χ2n) is 7.43. The van der Waals surface area contributed by atoms with Crippen LogP contribution in [0.15, 0.2) is 53.4 Å². The van der Waals surface area contributed by atoms with Gasteiger partial charge in [-0.15, -0.1) is 0 Å². The molecule has 1 spiro atoms. The van der Waals surface area contributed by atoms with E-state index in [1.807, 2.05) is 6.92 Å². The number of benzene rings is 2. The molecule has 1 aliphatic carbocycles. The second-order valence-corrected chi connectivity index (χ2v) is 12.2. The molecule has 0 saturated heterocycles. The summed E-state index contributed by atoms with van der Waals surface area (Å²) in [4.78, 5) is 13.6. The van der Waals surface area contributed by atoms with Crippen LogP contribution < -0.4 is 4.74 Å². The SMILES string of the molecule is Cc1ccc(S(=O)(=O)S[C@@]2(Cl)C(=O)c3ccccc3OC23CCCCC3)cc1. The predicted molar refractivity (Wildman–Crippen MR) is 112 cm³/mol. The largest absolute Gasteiger partial charge is 0.483 e. The van der Waals surface area contributed by atoms with Gasteiger partial charge in [-0.05, 0) is 56.9 Å². The molecule has 0 aromatic heterocycles. The monoisotopic (exact) mass is 436 g/mol. The fourth-order valence-corrected chi connectivity index (χ4v) is 8.70. The molecule has 0 unspecified atom stereocenters. The fraction of sp³-hybridized carbons (Fsp3) is 0.381. The van der Waals surface area contributed by atoms with Crippen LogP contribution in [0.25, 0.3) is 0 Å². The summed E-state index contributed by atoms with van der Waals surface area (Å²) < 4.78 is 30.9. The molecule has 0 amide bonds. The molecule has 1 aliphatic heterocycles. The van der Waals surface area contributed by atoms with Gasteiger partial charge in [0.25, 0.3) is 0 Å². The standard InChI is InChI=1S/C21H21ClO4S2/c1-15-9-11-16(12-10-15)28(24,25)27-21(22)19(23)17-7-3-4-8-18(17)26-20(21)13-5-2-6-14-20/h3-4,7-12H,2,5-6,13-14H2,1H3/t21-/m0/s1. The maximum absolute atomic E-state index is 13.5. The highest BCUT2D eigenvalue weighted by Gasteiger charge is 2.63. The maximum Gasteiger partial charge on any atom is 0.232 e. The zero-order chi connectivity index (χ0) is 20.0. The zero-order valence-corrected chi connectivity index (χ0v) is 17.9. The number of fused-ring (bicyclic) bond motifs is 1. The molecule has 1 heterocycles. The Morgan fingerprint density at radius 2 is 1.64 bits per heavy atom. The topological polar surface area (TPSA) is 60.4 Å². The lowest BCUT2D eigenvalue weighted by Gasteiger charge is -2.49. The van der Waals surface area contributed by atoms with Crippen LogP contribution in [0.2, 0.25) is 0 Å². The molecule has 148 valence electrons. The number of halogens is 1. The molecule has 4 rings (SSSR count). The lowest BCUT2D eigenvalue weighted by atomic mass is 9.77. The third-order valence-corrected chi connectivity index (χ3v) is 10.4. The minimum absolute atomic E-state index is 0.140. The molecule has 1 atom stereocenters. The van der Waals surface area contributed by atoms with E-state index in [4.69, 9.17) is 16.3 Å². The molecule has 4 nitrogen and oxygen atoms in total. The van der Waals surface area contributed by atoms with Gasteiger partial charge in [-0.1, -0.05) is 47.9 Å². The molecular formula is C21H21ClO4S2. The van der Waals surface area contributed by atoms with E-state index >= 15 is 0 Å². The number of hydrogen-bond donors (Lipinski definition) is 0. The van der Waals surface area contributed by atoms with E-state index in [9.17, 15) is 13.2 Å². The van der Waals surface area contributed by atoms with Gasteiger partial charge in [-0.25, -0.2) is 8.42 Å². The predicted octanol–water partition coefficient (Wildman–Crippen LogP) is 5.33. The summed E-state index contributed by atoms with van der Waals surface area (Å²) in [7, 11) is -3.34. The molecule has 2 aromatic rings. The van der Waals surface area contributed by atoms with E-state index in [0.717, 1.165) is 24.8 Å². The average molecular weight is 437 g/mol. The first-order valence-electron chi connectivity index (χ1n) is 9.32. The van der Waals surface area contributed by atoms with Gasteiger partial charge >= 0.3 is 0 Å². The van der Waals surface area contributed by atoms with Crippen LogP contribution in [0.1, 0.15) is 48.0 Å². The van der Waals surface area contributed by atoms with Gasteiger partial charge in [0.05, 0.1) is 10.5 Å². The fourth-order valence-electron chi connectivity index (χ4n) is 3.96. The van der Waals surface area contributed by atoms with E-state index in [1.165, 1.54) is 0 Å². The molecule has 0 radical (unpaired) electrons. The molecule has 0 N–H and O–H groups in total. The third kappa shape index (κ3) is 3.15. The van der Waals surface area contributed by atoms with Crippen molar-refractivity contribution < 1.29 is 17.9 Å². The first-order chi connectivity index (χ1) is 13.3. The normalized spacial score (nSPS) is 23.9. The van der Waals surface area contributed by atoms with E-state index in [-0.39, 0.29) is 4.90 Å². The summed E-state index contributed by atoms with van der Waals surface area (Å²) in [5.74, 6) is 0.0950. The lowest BCUT2D eigenvalue weighted by Crippen LogP contribution is -2.61. The molecule has 28 heavy (non-hydrogen) atoms. The van der Waals surface area contributed by atoms with Crippen molar-refractivity contribution in [1.82, 2.24) is 0 Å². The number of carbonyl (C=O) groups excluding carboxylic acids is 1. The molecule has 0 bridgehead atoms. The summed E-state index contributed by atoms with van der Waals surface area (Å²) in [6.45, 7) is 1.89. The van der Waals surface area contributed by atoms with Gasteiger partial charge in [0.15, 0.2) is 0 Å². The zero-order valence-electron chi connectivity index (χ0n) is 15.5. The number of para-hydroxylation sites is 1. The Morgan fingerprint density at radius 1 is 1.00 bits per heavy atom. The van der Waals surface area contributed by atoms with Gasteiger partial charge in [0, 0.05) is 10.8 Å². The highest BCUT2D eigenvalue weighted by Crippen LogP contribution is 2.57. The lowest BCUT2D eigenvalue weighted by molar-refractivity contribution is 0.00883. The van der Waals surface area contributed by atoms with Crippen molar-refractivity contribution in [3.63, 3.8) is 0 Å². The van der Waals surface area contributed by atoms with Crippen LogP contribution in [0.5, 0.6) is 5.75 Å². The van der Waals surface area contributed by atoms with E-state index in [0.29, 0.717) is 34.9 Å². The van der Waals surface area contributed by atoms with Gasteiger partial charge in [0.1, 0.15) is 11.4 Å². The van der Waals surface area contributed by atoms with Gasteiger partial charge < -0.3 is 4.74 Å². The van der Waals surface area contributed by atoms with Crippen molar-refractivity contribution in [2.24, 2.45) is 0 Å². The van der Waals surface area contributed by atoms with Crippen LogP contribution in [-0.2, 0) is 8.87 Å². The van der Waals surface area contributed by atoms with E-state index in [2.05, 4.69) is 0 Å². The van der Waals surface area contributed by atoms with Crippen LogP contribution in [-0.4, -0.2) is 24.0 Å². The van der Waals surface area contributed by atoms with Gasteiger partial charge in [-0.3, -0.25) is 4.79 Å². The van der Waals surface area contributed by atoms with E-state index in [1.54, 1.807) is 48.5 Å². The number of hydrogen-bond acceptors (Lipinski definition) is 5. The van der Waals surface area contributed by atoms with Crippen LogP contribution in [0, 0.1) is 6.92 Å². The van der Waals surface area contributed by atoms with E-state index < -0.39 is 24.5 Å². The van der Waals surface area contributed by atoms with Crippen LogP contribution in [0.4, 0.5) is 0 Å². The van der Waals surface area contributed by atoms with Crippen molar-refractivity contribution in [1.29, 1.82) is 0 Å². The Balaban J connectivity index is 1.81. The summed E-state index contributed by atoms with van der Waals surface area (Å²) >= 11 is 6.96. The van der Waals surface area contributed by atoms with Gasteiger partial charge in [0.2, 0.25) is 18.9 Å². The van der Waals surface area contributed by atoms with Crippen molar-refractivity contribution in [3.8, 4) is 5.75 Å². The minimum atomic E-state index is -3.86. The summed E-state index contributed by atoms with van der Waals surface area (Å²) in [5, 5.41) is 0. The summed E-state index contributed by atoms with van der Waals surface area (Å²) in [6, 6.07) is 13.5. The molecule has 2 aliphatic rings. The minimum Gasteiger partial charge on any atom is -0.483 e. The molecule has 1 saturated carbocycles. The Bertz CT molecular complexity index is 1010. The Kier molecular flexibility index (Phi) is 5.01. The molecule has 2 aromatic carbocycles. The third-order valence-electron chi connectivity index (χ3n) is 5.51. The van der Waals surface area contributed by atoms with Crippen molar-refractivity contribution in [2.45, 2.75) is 53.7 Å². The number of ether oxygens (including phenoxy) is 1. The van der Waals surface area contributed by atoms with Crippen LogP contribution in [0.3, 0.4) is 0 Å².